The van der Waals surface area contributed by atoms with Gasteiger partial charge >= 0.3 is 0 Å². The van der Waals surface area contributed by atoms with Crippen LogP contribution in [0.25, 0.3) is 0 Å². The van der Waals surface area contributed by atoms with Crippen molar-refractivity contribution in [1.82, 2.24) is 4.90 Å². The third-order valence-electron chi connectivity index (χ3n) is 2.80. The fraction of sp³-hybridized carbons (Fsp3) is 1.00. The van der Waals surface area contributed by atoms with Crippen LogP contribution in [0, 0.1) is 0 Å². The molecular formula is C10H22N2O. The minimum Gasteiger partial charge on any atom is -0.378 e. The number of nitrogens with two attached hydrogens (primary N) is 1. The predicted octanol–water partition coefficient (Wildman–Crippen LogP) is 0.834. The first-order valence-electron chi connectivity index (χ1n) is 5.14. The molecule has 0 aliphatic carbocycles. The van der Waals surface area contributed by atoms with Crippen molar-refractivity contribution in [2.75, 3.05) is 26.3 Å². The third-order valence-corrected chi connectivity index (χ3v) is 2.80. The summed E-state index contributed by atoms with van der Waals surface area (Å²) in [6.07, 6.45) is 1.05. The van der Waals surface area contributed by atoms with E-state index in [1.165, 1.54) is 0 Å². The SMILES string of the molecule is CCC(N)CN1CCOCC1(C)C. The Morgan fingerprint density at radius 2 is 2.23 bits per heavy atom. The average molecular weight is 186 g/mol. The van der Waals surface area contributed by atoms with Gasteiger partial charge in [0.1, 0.15) is 0 Å². The first-order valence-corrected chi connectivity index (χ1v) is 5.14. The molecule has 1 atom stereocenters. The summed E-state index contributed by atoms with van der Waals surface area (Å²) in [4.78, 5) is 2.44. The molecule has 3 heteroatoms. The van der Waals surface area contributed by atoms with E-state index in [1.807, 2.05) is 0 Å². The maximum atomic E-state index is 5.94. The molecule has 0 saturated carbocycles. The molecule has 1 aliphatic heterocycles. The number of nitrogens with zero attached hydrogens (tertiary/aromatic N) is 1. The van der Waals surface area contributed by atoms with E-state index in [2.05, 4.69) is 25.7 Å². The van der Waals surface area contributed by atoms with Gasteiger partial charge in [0.15, 0.2) is 0 Å². The first-order chi connectivity index (χ1) is 6.06. The van der Waals surface area contributed by atoms with Gasteiger partial charge < -0.3 is 10.5 Å². The maximum absolute atomic E-state index is 5.94. The van der Waals surface area contributed by atoms with Crippen LogP contribution in [0.15, 0.2) is 0 Å². The van der Waals surface area contributed by atoms with Crippen molar-refractivity contribution in [2.45, 2.75) is 38.8 Å². The van der Waals surface area contributed by atoms with Gasteiger partial charge in [0.05, 0.1) is 13.2 Å². The van der Waals surface area contributed by atoms with Gasteiger partial charge in [0.2, 0.25) is 0 Å². The molecule has 1 fully saturated rings. The van der Waals surface area contributed by atoms with Crippen LogP contribution in [0.4, 0.5) is 0 Å². The Bertz CT molecular complexity index is 159. The van der Waals surface area contributed by atoms with Crippen molar-refractivity contribution in [2.24, 2.45) is 5.73 Å². The fourth-order valence-corrected chi connectivity index (χ4v) is 1.64. The van der Waals surface area contributed by atoms with E-state index in [0.717, 1.165) is 32.7 Å². The summed E-state index contributed by atoms with van der Waals surface area (Å²) in [5, 5.41) is 0. The molecule has 0 amide bonds. The zero-order valence-electron chi connectivity index (χ0n) is 9.05. The molecule has 0 bridgehead atoms. The summed E-state index contributed by atoms with van der Waals surface area (Å²) >= 11 is 0. The molecule has 0 aromatic rings. The summed E-state index contributed by atoms with van der Waals surface area (Å²) in [5.41, 5.74) is 6.10. The molecule has 13 heavy (non-hydrogen) atoms. The van der Waals surface area contributed by atoms with E-state index in [9.17, 15) is 0 Å². The third kappa shape index (κ3) is 2.93. The van der Waals surface area contributed by atoms with Gasteiger partial charge in [-0.3, -0.25) is 4.90 Å². The molecule has 3 nitrogen and oxygen atoms in total. The molecule has 2 N–H and O–H groups in total. The second-order valence-electron chi connectivity index (χ2n) is 4.48. The lowest BCUT2D eigenvalue weighted by atomic mass is 10.0. The Morgan fingerprint density at radius 1 is 1.54 bits per heavy atom. The highest BCUT2D eigenvalue weighted by Gasteiger charge is 2.30. The number of ether oxygens (including phenoxy) is 1. The monoisotopic (exact) mass is 186 g/mol. The number of morpholine rings is 1. The second-order valence-corrected chi connectivity index (χ2v) is 4.48. The summed E-state index contributed by atoms with van der Waals surface area (Å²) in [6.45, 7) is 10.2. The van der Waals surface area contributed by atoms with E-state index < -0.39 is 0 Å². The molecular weight excluding hydrogens is 164 g/mol. The summed E-state index contributed by atoms with van der Waals surface area (Å²) in [7, 11) is 0. The summed E-state index contributed by atoms with van der Waals surface area (Å²) in [5.74, 6) is 0. The Kier molecular flexibility index (Phi) is 3.71. The Balaban J connectivity index is 2.46. The fourth-order valence-electron chi connectivity index (χ4n) is 1.64. The molecule has 1 aliphatic rings. The largest absolute Gasteiger partial charge is 0.378 e. The molecule has 0 radical (unpaired) electrons. The normalized spacial score (nSPS) is 25.8. The van der Waals surface area contributed by atoms with Gasteiger partial charge in [0, 0.05) is 24.7 Å². The number of hydrogen-bond donors (Lipinski definition) is 1. The molecule has 0 spiro atoms. The van der Waals surface area contributed by atoms with Gasteiger partial charge in [-0.2, -0.15) is 0 Å². The summed E-state index contributed by atoms with van der Waals surface area (Å²) < 4.78 is 5.45. The van der Waals surface area contributed by atoms with Crippen molar-refractivity contribution >= 4 is 0 Å². The second kappa shape index (κ2) is 4.40. The zero-order valence-corrected chi connectivity index (χ0v) is 9.05. The van der Waals surface area contributed by atoms with Crippen molar-refractivity contribution in [3.8, 4) is 0 Å². The average Bonchev–Trinajstić information content (AvgIpc) is 2.08. The molecule has 1 rings (SSSR count). The molecule has 1 saturated heterocycles. The van der Waals surface area contributed by atoms with Crippen LogP contribution in [0.5, 0.6) is 0 Å². The Labute approximate surface area is 81.2 Å². The van der Waals surface area contributed by atoms with E-state index >= 15 is 0 Å². The van der Waals surface area contributed by atoms with Crippen LogP contribution < -0.4 is 5.73 Å². The molecule has 1 unspecified atom stereocenters. The highest BCUT2D eigenvalue weighted by atomic mass is 16.5. The van der Waals surface area contributed by atoms with Crippen LogP contribution >= 0.6 is 0 Å². The molecule has 78 valence electrons. The first kappa shape index (κ1) is 11.0. The minimum absolute atomic E-state index is 0.158. The quantitative estimate of drug-likeness (QED) is 0.709. The van der Waals surface area contributed by atoms with Gasteiger partial charge in [-0.1, -0.05) is 6.92 Å². The van der Waals surface area contributed by atoms with Crippen LogP contribution in [-0.4, -0.2) is 42.8 Å². The van der Waals surface area contributed by atoms with Crippen molar-refractivity contribution < 1.29 is 4.74 Å². The lowest BCUT2D eigenvalue weighted by Gasteiger charge is -2.43. The van der Waals surface area contributed by atoms with E-state index in [1.54, 1.807) is 0 Å². The van der Waals surface area contributed by atoms with Gasteiger partial charge in [-0.05, 0) is 20.3 Å². The van der Waals surface area contributed by atoms with Crippen molar-refractivity contribution in [1.29, 1.82) is 0 Å². The predicted molar refractivity (Wildman–Crippen MR) is 54.7 cm³/mol. The highest BCUT2D eigenvalue weighted by Crippen LogP contribution is 2.18. The van der Waals surface area contributed by atoms with Crippen LogP contribution in [0.3, 0.4) is 0 Å². The van der Waals surface area contributed by atoms with Crippen LogP contribution in [-0.2, 0) is 4.74 Å². The van der Waals surface area contributed by atoms with Crippen LogP contribution in [0.2, 0.25) is 0 Å². The maximum Gasteiger partial charge on any atom is 0.0645 e. The van der Waals surface area contributed by atoms with Crippen LogP contribution in [0.1, 0.15) is 27.2 Å². The molecule has 1 heterocycles. The summed E-state index contributed by atoms with van der Waals surface area (Å²) in [6, 6.07) is 0.303. The minimum atomic E-state index is 0.158. The van der Waals surface area contributed by atoms with Gasteiger partial charge in [-0.15, -0.1) is 0 Å². The van der Waals surface area contributed by atoms with Gasteiger partial charge in [0.25, 0.3) is 0 Å². The Hall–Kier alpha value is -0.120. The van der Waals surface area contributed by atoms with Crippen molar-refractivity contribution in [3.63, 3.8) is 0 Å². The molecule has 0 aromatic carbocycles. The smallest absolute Gasteiger partial charge is 0.0645 e. The Morgan fingerprint density at radius 3 is 2.77 bits per heavy atom. The topological polar surface area (TPSA) is 38.5 Å². The standard InChI is InChI=1S/C10H22N2O/c1-4-9(11)7-12-5-6-13-8-10(12,2)3/h9H,4-8,11H2,1-3H3. The van der Waals surface area contributed by atoms with Gasteiger partial charge in [-0.25, -0.2) is 0 Å². The van der Waals surface area contributed by atoms with Crippen molar-refractivity contribution in [3.05, 3.63) is 0 Å². The zero-order chi connectivity index (χ0) is 9.90. The van der Waals surface area contributed by atoms with E-state index in [0.29, 0.717) is 6.04 Å². The lowest BCUT2D eigenvalue weighted by Crippen LogP contribution is -2.56. The molecule has 0 aromatic heterocycles. The van der Waals surface area contributed by atoms with E-state index in [4.69, 9.17) is 10.5 Å². The van der Waals surface area contributed by atoms with E-state index in [-0.39, 0.29) is 5.54 Å². The number of hydrogen-bond acceptors (Lipinski definition) is 3. The number of rotatable bonds is 3. The highest BCUT2D eigenvalue weighted by molar-refractivity contribution is 4.86. The lowest BCUT2D eigenvalue weighted by molar-refractivity contribution is -0.0531.